The number of carbonyl (C=O) groups is 1. The Morgan fingerprint density at radius 2 is 1.91 bits per heavy atom. The molecule has 0 radical (unpaired) electrons. The summed E-state index contributed by atoms with van der Waals surface area (Å²) in [6.45, 7) is 2.11. The molecule has 6 heteroatoms. The molecule has 0 spiro atoms. The summed E-state index contributed by atoms with van der Waals surface area (Å²) in [4.78, 5) is 12.9. The van der Waals surface area contributed by atoms with Crippen molar-refractivity contribution >= 4 is 27.1 Å². The molecule has 0 aliphatic rings. The van der Waals surface area contributed by atoms with E-state index in [4.69, 9.17) is 0 Å². The summed E-state index contributed by atoms with van der Waals surface area (Å²) in [6.07, 6.45) is 2.17. The van der Waals surface area contributed by atoms with Gasteiger partial charge in [0.05, 0.1) is 4.90 Å². The van der Waals surface area contributed by atoms with Crippen molar-refractivity contribution in [3.63, 3.8) is 0 Å². The molecule has 1 amide bonds. The summed E-state index contributed by atoms with van der Waals surface area (Å²) in [5.74, 6) is -0.100. The molecule has 0 bridgehead atoms. The van der Waals surface area contributed by atoms with Crippen molar-refractivity contribution in [3.05, 3.63) is 52.7 Å². The number of benzene rings is 1. The predicted octanol–water partition coefficient (Wildman–Crippen LogP) is 3.57. The van der Waals surface area contributed by atoms with E-state index in [1.54, 1.807) is 36.4 Å². The van der Waals surface area contributed by atoms with Crippen LogP contribution in [0, 0.1) is 0 Å². The van der Waals surface area contributed by atoms with E-state index >= 15 is 0 Å². The molecule has 0 saturated carbocycles. The van der Waals surface area contributed by atoms with Crippen LogP contribution in [-0.4, -0.2) is 20.9 Å². The third-order valence-corrected chi connectivity index (χ3v) is 6.78. The quantitative estimate of drug-likeness (QED) is 0.791. The van der Waals surface area contributed by atoms with Crippen LogP contribution in [0.15, 0.2) is 52.7 Å². The van der Waals surface area contributed by atoms with Crippen molar-refractivity contribution in [2.45, 2.75) is 36.3 Å². The normalized spacial score (nSPS) is 12.7. The van der Waals surface area contributed by atoms with E-state index in [1.807, 2.05) is 18.4 Å². The van der Waals surface area contributed by atoms with Crippen LogP contribution in [0.1, 0.15) is 36.3 Å². The van der Waals surface area contributed by atoms with Gasteiger partial charge in [-0.05, 0) is 30.0 Å². The topological polar surface area (TPSA) is 63.2 Å². The molecular formula is C17H21NO3S2. The minimum absolute atomic E-state index is 0.0975. The summed E-state index contributed by atoms with van der Waals surface area (Å²) in [5.41, 5.74) is 0. The highest BCUT2D eigenvalue weighted by Gasteiger charge is 2.30. The zero-order valence-corrected chi connectivity index (χ0v) is 14.7. The van der Waals surface area contributed by atoms with Crippen molar-refractivity contribution in [1.82, 2.24) is 5.32 Å². The fourth-order valence-electron chi connectivity index (χ4n) is 2.24. The van der Waals surface area contributed by atoms with E-state index in [0.29, 0.717) is 6.42 Å². The second-order valence-electron chi connectivity index (χ2n) is 5.27. The zero-order valence-electron chi connectivity index (χ0n) is 13.1. The Kier molecular flexibility index (Phi) is 6.36. The maximum absolute atomic E-state index is 12.9. The van der Waals surface area contributed by atoms with E-state index in [1.165, 1.54) is 11.3 Å². The molecule has 2 aromatic rings. The van der Waals surface area contributed by atoms with E-state index in [9.17, 15) is 13.2 Å². The van der Waals surface area contributed by atoms with E-state index < -0.39 is 15.1 Å². The number of thiophene rings is 1. The fraction of sp³-hybridized carbons (Fsp3) is 0.353. The maximum Gasteiger partial charge on any atom is 0.220 e. The van der Waals surface area contributed by atoms with Crippen LogP contribution in [0.25, 0.3) is 0 Å². The lowest BCUT2D eigenvalue weighted by molar-refractivity contribution is -0.121. The molecular weight excluding hydrogens is 330 g/mol. The first-order chi connectivity index (χ1) is 11.1. The van der Waals surface area contributed by atoms with Gasteiger partial charge in [-0.1, -0.05) is 37.6 Å². The van der Waals surface area contributed by atoms with E-state index in [0.717, 1.165) is 17.7 Å². The van der Waals surface area contributed by atoms with Crippen molar-refractivity contribution < 1.29 is 13.2 Å². The lowest BCUT2D eigenvalue weighted by atomic mass is 10.2. The third-order valence-electron chi connectivity index (χ3n) is 3.55. The number of hydrogen-bond acceptors (Lipinski definition) is 4. The summed E-state index contributed by atoms with van der Waals surface area (Å²) in [7, 11) is -3.54. The Morgan fingerprint density at radius 3 is 2.52 bits per heavy atom. The van der Waals surface area contributed by atoms with Gasteiger partial charge in [0.15, 0.2) is 9.84 Å². The largest absolute Gasteiger partial charge is 0.354 e. The Labute approximate surface area is 141 Å². The molecule has 0 fully saturated rings. The Bertz CT molecular complexity index is 710. The van der Waals surface area contributed by atoms with Crippen LogP contribution in [0.2, 0.25) is 0 Å². The SMILES string of the molecule is CCCCC(=O)NCC(c1cccs1)S(=O)(=O)c1ccccc1. The van der Waals surface area contributed by atoms with Crippen LogP contribution < -0.4 is 5.32 Å². The van der Waals surface area contributed by atoms with Crippen LogP contribution >= 0.6 is 11.3 Å². The van der Waals surface area contributed by atoms with Crippen molar-refractivity contribution in [1.29, 1.82) is 0 Å². The smallest absolute Gasteiger partial charge is 0.220 e. The summed E-state index contributed by atoms with van der Waals surface area (Å²) >= 11 is 1.39. The van der Waals surface area contributed by atoms with Gasteiger partial charge in [-0.15, -0.1) is 11.3 Å². The molecule has 2 rings (SSSR count). The molecule has 0 aliphatic carbocycles. The van der Waals surface area contributed by atoms with E-state index in [-0.39, 0.29) is 17.3 Å². The summed E-state index contributed by atoms with van der Waals surface area (Å²) in [5, 5.41) is 3.87. The number of carbonyl (C=O) groups excluding carboxylic acids is 1. The molecule has 1 unspecified atom stereocenters. The molecule has 0 saturated heterocycles. The molecule has 1 heterocycles. The lowest BCUT2D eigenvalue weighted by Gasteiger charge is -2.17. The van der Waals surface area contributed by atoms with Crippen LogP contribution in [0.3, 0.4) is 0 Å². The van der Waals surface area contributed by atoms with Gasteiger partial charge < -0.3 is 5.32 Å². The predicted molar refractivity (Wildman–Crippen MR) is 93.2 cm³/mol. The van der Waals surface area contributed by atoms with Crippen LogP contribution in [0.5, 0.6) is 0 Å². The number of amides is 1. The maximum atomic E-state index is 12.9. The minimum Gasteiger partial charge on any atom is -0.354 e. The highest BCUT2D eigenvalue weighted by Crippen LogP contribution is 2.31. The Hall–Kier alpha value is -1.66. The fourth-order valence-corrected chi connectivity index (χ4v) is 5.05. The monoisotopic (exact) mass is 351 g/mol. The zero-order chi connectivity index (χ0) is 16.7. The Morgan fingerprint density at radius 1 is 1.17 bits per heavy atom. The molecule has 124 valence electrons. The molecule has 1 atom stereocenters. The number of nitrogens with one attached hydrogen (secondary N) is 1. The van der Waals surface area contributed by atoms with Gasteiger partial charge in [0.1, 0.15) is 5.25 Å². The first-order valence-electron chi connectivity index (χ1n) is 7.64. The second kappa shape index (κ2) is 8.26. The molecule has 4 nitrogen and oxygen atoms in total. The standard InChI is InChI=1S/C17H21NO3S2/c1-2-3-11-17(19)18-13-16(15-10-7-12-22-15)23(20,21)14-8-5-4-6-9-14/h4-10,12,16H,2-3,11,13H2,1H3,(H,18,19). The van der Waals surface area contributed by atoms with Crippen LogP contribution in [-0.2, 0) is 14.6 Å². The van der Waals surface area contributed by atoms with Crippen molar-refractivity contribution in [2.75, 3.05) is 6.54 Å². The molecule has 0 aliphatic heterocycles. The number of sulfone groups is 1. The second-order valence-corrected chi connectivity index (χ2v) is 8.38. The molecule has 1 N–H and O–H groups in total. The van der Waals surface area contributed by atoms with Crippen molar-refractivity contribution in [2.24, 2.45) is 0 Å². The Balaban J connectivity index is 2.20. The minimum atomic E-state index is -3.54. The average Bonchev–Trinajstić information content (AvgIpc) is 3.08. The van der Waals surface area contributed by atoms with Crippen molar-refractivity contribution in [3.8, 4) is 0 Å². The van der Waals surface area contributed by atoms with Gasteiger partial charge >= 0.3 is 0 Å². The number of hydrogen-bond donors (Lipinski definition) is 1. The van der Waals surface area contributed by atoms with Gasteiger partial charge in [-0.2, -0.15) is 0 Å². The summed E-state index contributed by atoms with van der Waals surface area (Å²) < 4.78 is 25.8. The van der Waals surface area contributed by atoms with Crippen LogP contribution in [0.4, 0.5) is 0 Å². The lowest BCUT2D eigenvalue weighted by Crippen LogP contribution is -2.31. The molecule has 1 aromatic heterocycles. The number of unbranched alkanes of at least 4 members (excludes halogenated alkanes) is 1. The van der Waals surface area contributed by atoms with E-state index in [2.05, 4.69) is 5.32 Å². The van der Waals surface area contributed by atoms with Gasteiger partial charge in [0, 0.05) is 17.8 Å². The molecule has 23 heavy (non-hydrogen) atoms. The third kappa shape index (κ3) is 4.65. The highest BCUT2D eigenvalue weighted by atomic mass is 32.2. The van der Waals surface area contributed by atoms with Gasteiger partial charge in [-0.25, -0.2) is 8.42 Å². The van der Waals surface area contributed by atoms with Gasteiger partial charge in [0.25, 0.3) is 0 Å². The van der Waals surface area contributed by atoms with Gasteiger partial charge in [0.2, 0.25) is 5.91 Å². The summed E-state index contributed by atoms with van der Waals surface area (Å²) in [6, 6.07) is 12.0. The van der Waals surface area contributed by atoms with Gasteiger partial charge in [-0.3, -0.25) is 4.79 Å². The first-order valence-corrected chi connectivity index (χ1v) is 10.1. The number of rotatable bonds is 8. The first kappa shape index (κ1) is 17.7. The molecule has 1 aromatic carbocycles. The average molecular weight is 351 g/mol. The highest BCUT2D eigenvalue weighted by molar-refractivity contribution is 7.91.